The Labute approximate surface area is 123 Å². The van der Waals surface area contributed by atoms with Gasteiger partial charge in [-0.2, -0.15) is 5.10 Å². The Morgan fingerprint density at radius 1 is 1.24 bits per heavy atom. The van der Waals surface area contributed by atoms with Crippen LogP contribution in [0.4, 0.5) is 0 Å². The SMILES string of the molecule is CCNCc1c(-n2ccc(C3CC3)n2)nc2ccccn12. The second-order valence-electron chi connectivity index (χ2n) is 5.55. The topological polar surface area (TPSA) is 47.2 Å². The van der Waals surface area contributed by atoms with Crippen molar-refractivity contribution in [3.8, 4) is 5.82 Å². The van der Waals surface area contributed by atoms with E-state index in [1.54, 1.807) is 0 Å². The number of hydrogen-bond acceptors (Lipinski definition) is 3. The van der Waals surface area contributed by atoms with Crippen molar-refractivity contribution in [2.45, 2.75) is 32.2 Å². The molecule has 0 atom stereocenters. The van der Waals surface area contributed by atoms with Gasteiger partial charge in [-0.25, -0.2) is 9.67 Å². The first-order valence-electron chi connectivity index (χ1n) is 7.59. The summed E-state index contributed by atoms with van der Waals surface area (Å²) in [4.78, 5) is 4.75. The number of hydrogen-bond donors (Lipinski definition) is 1. The monoisotopic (exact) mass is 281 g/mol. The molecule has 1 fully saturated rings. The molecule has 0 amide bonds. The second kappa shape index (κ2) is 5.00. The lowest BCUT2D eigenvalue weighted by atomic mass is 10.3. The molecule has 3 aromatic heterocycles. The molecule has 0 aliphatic heterocycles. The van der Waals surface area contributed by atoms with Crippen LogP contribution in [-0.2, 0) is 6.54 Å². The molecule has 1 aliphatic carbocycles. The molecule has 0 aromatic carbocycles. The number of fused-ring (bicyclic) bond motifs is 1. The van der Waals surface area contributed by atoms with Crippen LogP contribution in [0.25, 0.3) is 11.5 Å². The Bertz CT molecular complexity index is 766. The molecule has 1 aliphatic rings. The molecule has 5 nitrogen and oxygen atoms in total. The molecule has 1 N–H and O–H groups in total. The summed E-state index contributed by atoms with van der Waals surface area (Å²) in [6.45, 7) is 3.84. The largest absolute Gasteiger partial charge is 0.311 e. The maximum atomic E-state index is 4.75. The molecule has 1 saturated carbocycles. The summed E-state index contributed by atoms with van der Waals surface area (Å²) in [7, 11) is 0. The quantitative estimate of drug-likeness (QED) is 0.781. The molecule has 3 heterocycles. The molecular formula is C16H19N5. The van der Waals surface area contributed by atoms with Gasteiger partial charge in [0.25, 0.3) is 0 Å². The smallest absolute Gasteiger partial charge is 0.176 e. The van der Waals surface area contributed by atoms with Crippen LogP contribution in [0.15, 0.2) is 36.7 Å². The fraction of sp³-hybridized carbons (Fsp3) is 0.375. The van der Waals surface area contributed by atoms with E-state index in [0.29, 0.717) is 5.92 Å². The van der Waals surface area contributed by atoms with E-state index in [4.69, 9.17) is 10.1 Å². The van der Waals surface area contributed by atoms with Crippen LogP contribution in [0.3, 0.4) is 0 Å². The van der Waals surface area contributed by atoms with Gasteiger partial charge in [0, 0.05) is 24.9 Å². The van der Waals surface area contributed by atoms with Crippen molar-refractivity contribution in [2.75, 3.05) is 6.54 Å². The molecule has 3 aromatic rings. The highest BCUT2D eigenvalue weighted by molar-refractivity contribution is 5.48. The molecule has 0 spiro atoms. The Morgan fingerprint density at radius 2 is 2.14 bits per heavy atom. The van der Waals surface area contributed by atoms with E-state index < -0.39 is 0 Å². The van der Waals surface area contributed by atoms with Gasteiger partial charge in [-0.3, -0.25) is 0 Å². The number of imidazole rings is 1. The summed E-state index contributed by atoms with van der Waals surface area (Å²) in [5.74, 6) is 1.59. The van der Waals surface area contributed by atoms with E-state index in [0.717, 1.165) is 30.2 Å². The second-order valence-corrected chi connectivity index (χ2v) is 5.55. The van der Waals surface area contributed by atoms with Crippen molar-refractivity contribution in [1.29, 1.82) is 0 Å². The van der Waals surface area contributed by atoms with E-state index in [2.05, 4.69) is 28.9 Å². The lowest BCUT2D eigenvalue weighted by Gasteiger charge is -2.05. The minimum atomic E-state index is 0.667. The van der Waals surface area contributed by atoms with Gasteiger partial charge in [0.15, 0.2) is 5.82 Å². The van der Waals surface area contributed by atoms with Gasteiger partial charge in [0.05, 0.1) is 11.4 Å². The van der Waals surface area contributed by atoms with Gasteiger partial charge in [-0.1, -0.05) is 13.0 Å². The summed E-state index contributed by atoms with van der Waals surface area (Å²) < 4.78 is 4.06. The number of nitrogens with one attached hydrogen (secondary N) is 1. The third-order valence-corrected chi connectivity index (χ3v) is 3.97. The van der Waals surface area contributed by atoms with Crippen molar-refractivity contribution < 1.29 is 0 Å². The molecule has 0 unspecified atom stereocenters. The zero-order chi connectivity index (χ0) is 14.2. The third kappa shape index (κ3) is 2.23. The lowest BCUT2D eigenvalue weighted by Crippen LogP contribution is -2.15. The summed E-state index contributed by atoms with van der Waals surface area (Å²) in [5.41, 5.74) is 3.31. The van der Waals surface area contributed by atoms with Crippen LogP contribution >= 0.6 is 0 Å². The van der Waals surface area contributed by atoms with Crippen molar-refractivity contribution in [3.63, 3.8) is 0 Å². The zero-order valence-electron chi connectivity index (χ0n) is 12.2. The number of nitrogens with zero attached hydrogens (tertiary/aromatic N) is 4. The summed E-state index contributed by atoms with van der Waals surface area (Å²) >= 11 is 0. The maximum absolute atomic E-state index is 4.75. The van der Waals surface area contributed by atoms with Gasteiger partial charge >= 0.3 is 0 Å². The van der Waals surface area contributed by atoms with Gasteiger partial charge < -0.3 is 9.72 Å². The Hall–Kier alpha value is -2.14. The molecule has 0 saturated heterocycles. The molecular weight excluding hydrogens is 262 g/mol. The van der Waals surface area contributed by atoms with Crippen LogP contribution in [0.2, 0.25) is 0 Å². The minimum absolute atomic E-state index is 0.667. The number of aromatic nitrogens is 4. The highest BCUT2D eigenvalue weighted by atomic mass is 15.3. The highest BCUT2D eigenvalue weighted by Crippen LogP contribution is 2.39. The summed E-state index contributed by atoms with van der Waals surface area (Å²) in [6.07, 6.45) is 6.63. The number of rotatable bonds is 5. The molecule has 108 valence electrons. The molecule has 4 rings (SSSR count). The van der Waals surface area contributed by atoms with E-state index in [1.807, 2.05) is 29.1 Å². The van der Waals surface area contributed by atoms with E-state index in [-0.39, 0.29) is 0 Å². The van der Waals surface area contributed by atoms with Crippen LogP contribution in [0.1, 0.15) is 37.1 Å². The van der Waals surface area contributed by atoms with Gasteiger partial charge in [0.1, 0.15) is 5.65 Å². The standard InChI is InChI=1S/C16H19N5/c1-2-17-11-14-16(18-15-5-3-4-9-20(14)15)21-10-8-13(19-21)12-6-7-12/h3-5,8-10,12,17H,2,6-7,11H2,1H3. The Morgan fingerprint density at radius 3 is 2.95 bits per heavy atom. The van der Waals surface area contributed by atoms with Crippen molar-refractivity contribution in [2.24, 2.45) is 0 Å². The van der Waals surface area contributed by atoms with Crippen LogP contribution in [-0.4, -0.2) is 25.7 Å². The molecule has 0 bridgehead atoms. The average Bonchev–Trinajstić information content (AvgIpc) is 3.13. The summed E-state index contributed by atoms with van der Waals surface area (Å²) in [5, 5.41) is 8.11. The van der Waals surface area contributed by atoms with Gasteiger partial charge in [-0.15, -0.1) is 0 Å². The number of pyridine rings is 1. The molecule has 5 heteroatoms. The van der Waals surface area contributed by atoms with Crippen LogP contribution in [0, 0.1) is 0 Å². The zero-order valence-corrected chi connectivity index (χ0v) is 12.2. The normalized spacial score (nSPS) is 14.9. The van der Waals surface area contributed by atoms with Gasteiger partial charge in [0.2, 0.25) is 0 Å². The molecule has 21 heavy (non-hydrogen) atoms. The highest BCUT2D eigenvalue weighted by Gasteiger charge is 2.26. The third-order valence-electron chi connectivity index (χ3n) is 3.97. The summed E-state index contributed by atoms with van der Waals surface area (Å²) in [6, 6.07) is 8.21. The predicted octanol–water partition coefficient (Wildman–Crippen LogP) is 2.51. The Balaban J connectivity index is 1.81. The minimum Gasteiger partial charge on any atom is -0.311 e. The van der Waals surface area contributed by atoms with Crippen molar-refractivity contribution >= 4 is 5.65 Å². The van der Waals surface area contributed by atoms with Crippen LogP contribution in [0.5, 0.6) is 0 Å². The predicted molar refractivity (Wildman–Crippen MR) is 81.7 cm³/mol. The van der Waals surface area contributed by atoms with E-state index in [9.17, 15) is 0 Å². The first kappa shape index (κ1) is 12.6. The lowest BCUT2D eigenvalue weighted by molar-refractivity contribution is 0.692. The van der Waals surface area contributed by atoms with Crippen molar-refractivity contribution in [3.05, 3.63) is 48.0 Å². The Kier molecular flexibility index (Phi) is 3.00. The van der Waals surface area contributed by atoms with E-state index in [1.165, 1.54) is 18.5 Å². The fourth-order valence-corrected chi connectivity index (χ4v) is 2.68. The first-order valence-corrected chi connectivity index (χ1v) is 7.59. The molecule has 0 radical (unpaired) electrons. The fourth-order valence-electron chi connectivity index (χ4n) is 2.68. The van der Waals surface area contributed by atoms with E-state index >= 15 is 0 Å². The average molecular weight is 281 g/mol. The maximum Gasteiger partial charge on any atom is 0.176 e. The van der Waals surface area contributed by atoms with Gasteiger partial charge in [-0.05, 0) is 37.6 Å². The van der Waals surface area contributed by atoms with Crippen LogP contribution < -0.4 is 5.32 Å². The van der Waals surface area contributed by atoms with Crippen molar-refractivity contribution in [1.82, 2.24) is 24.5 Å². The first-order chi connectivity index (χ1) is 10.4.